The highest BCUT2D eigenvalue weighted by Crippen LogP contribution is 2.10. The molecule has 1 aromatic heterocycles. The second-order valence-corrected chi connectivity index (χ2v) is 5.73. The van der Waals surface area contributed by atoms with E-state index in [9.17, 15) is 4.79 Å². The molecule has 2 rings (SSSR count). The molecule has 0 bridgehead atoms. The normalized spacial score (nSPS) is 16.7. The largest absolute Gasteiger partial charge is 0.336 e. The summed E-state index contributed by atoms with van der Waals surface area (Å²) in [7, 11) is 0. The molecular weight excluding hydrogens is 252 g/mol. The van der Waals surface area contributed by atoms with Gasteiger partial charge in [0.1, 0.15) is 0 Å². The molecule has 5 nitrogen and oxygen atoms in total. The van der Waals surface area contributed by atoms with Crippen LogP contribution in [0.2, 0.25) is 0 Å². The summed E-state index contributed by atoms with van der Waals surface area (Å²) < 4.78 is 0. The Morgan fingerprint density at radius 3 is 2.65 bits per heavy atom. The third-order valence-electron chi connectivity index (χ3n) is 3.56. The minimum absolute atomic E-state index is 0.0892. The fourth-order valence-electron chi connectivity index (χ4n) is 2.56. The van der Waals surface area contributed by atoms with Gasteiger partial charge in [-0.25, -0.2) is 0 Å². The molecule has 5 heteroatoms. The predicted molar refractivity (Wildman–Crippen MR) is 79.3 cm³/mol. The standard InChI is InChI=1S/C15H24N4O/c1-12(2)11-18-5-7-19(8-6-18)15(20)13-3-4-17-14(9-13)10-16/h3-4,9,12H,5-8,10-11,16H2,1-2H3. The summed E-state index contributed by atoms with van der Waals surface area (Å²) in [5.74, 6) is 0.760. The lowest BCUT2D eigenvalue weighted by Gasteiger charge is -2.35. The fourth-order valence-corrected chi connectivity index (χ4v) is 2.56. The molecule has 1 amide bonds. The number of rotatable bonds is 4. The molecule has 1 saturated heterocycles. The quantitative estimate of drug-likeness (QED) is 0.889. The van der Waals surface area contributed by atoms with Gasteiger partial charge in [0.25, 0.3) is 5.91 Å². The van der Waals surface area contributed by atoms with Crippen molar-refractivity contribution in [3.8, 4) is 0 Å². The summed E-state index contributed by atoms with van der Waals surface area (Å²) in [6, 6.07) is 3.56. The molecule has 0 atom stereocenters. The lowest BCUT2D eigenvalue weighted by atomic mass is 10.1. The average Bonchev–Trinajstić information content (AvgIpc) is 2.47. The van der Waals surface area contributed by atoms with E-state index >= 15 is 0 Å². The van der Waals surface area contributed by atoms with Crippen molar-refractivity contribution in [2.45, 2.75) is 20.4 Å². The summed E-state index contributed by atoms with van der Waals surface area (Å²) in [5, 5.41) is 0. The first-order valence-corrected chi connectivity index (χ1v) is 7.26. The Labute approximate surface area is 120 Å². The summed E-state index contributed by atoms with van der Waals surface area (Å²) in [6.07, 6.45) is 1.66. The third kappa shape index (κ3) is 3.77. The van der Waals surface area contributed by atoms with Crippen molar-refractivity contribution >= 4 is 5.91 Å². The van der Waals surface area contributed by atoms with Gasteiger partial charge < -0.3 is 10.6 Å². The first kappa shape index (κ1) is 14.9. The number of pyridine rings is 1. The number of amides is 1. The van der Waals surface area contributed by atoms with Crippen LogP contribution in [0.3, 0.4) is 0 Å². The van der Waals surface area contributed by atoms with Crippen LogP contribution in [0.1, 0.15) is 29.9 Å². The lowest BCUT2D eigenvalue weighted by molar-refractivity contribution is 0.0623. The molecule has 0 saturated carbocycles. The van der Waals surface area contributed by atoms with Gasteiger partial charge in [-0.1, -0.05) is 13.8 Å². The van der Waals surface area contributed by atoms with Crippen LogP contribution in [0.15, 0.2) is 18.3 Å². The van der Waals surface area contributed by atoms with E-state index in [0.29, 0.717) is 18.0 Å². The highest BCUT2D eigenvalue weighted by molar-refractivity contribution is 5.94. The number of nitrogens with zero attached hydrogens (tertiary/aromatic N) is 3. The summed E-state index contributed by atoms with van der Waals surface area (Å²) >= 11 is 0. The van der Waals surface area contributed by atoms with Crippen LogP contribution in [0.4, 0.5) is 0 Å². The molecule has 0 spiro atoms. The van der Waals surface area contributed by atoms with Crippen LogP contribution < -0.4 is 5.73 Å². The molecule has 1 aliphatic heterocycles. The maximum Gasteiger partial charge on any atom is 0.254 e. The van der Waals surface area contributed by atoms with E-state index < -0.39 is 0 Å². The van der Waals surface area contributed by atoms with Crippen LogP contribution in [-0.4, -0.2) is 53.4 Å². The zero-order valence-electron chi connectivity index (χ0n) is 12.4. The second kappa shape index (κ2) is 6.81. The molecule has 110 valence electrons. The van der Waals surface area contributed by atoms with E-state index in [0.717, 1.165) is 38.4 Å². The van der Waals surface area contributed by atoms with Crippen molar-refractivity contribution < 1.29 is 4.79 Å². The van der Waals surface area contributed by atoms with Gasteiger partial charge in [0.2, 0.25) is 0 Å². The molecule has 0 radical (unpaired) electrons. The van der Waals surface area contributed by atoms with Gasteiger partial charge >= 0.3 is 0 Å². The molecule has 0 unspecified atom stereocenters. The molecule has 20 heavy (non-hydrogen) atoms. The van der Waals surface area contributed by atoms with E-state index in [-0.39, 0.29) is 5.91 Å². The van der Waals surface area contributed by atoms with Crippen molar-refractivity contribution in [2.24, 2.45) is 11.7 Å². The minimum Gasteiger partial charge on any atom is -0.336 e. The molecule has 1 aliphatic rings. The molecule has 1 fully saturated rings. The number of hydrogen-bond acceptors (Lipinski definition) is 4. The molecule has 2 heterocycles. The van der Waals surface area contributed by atoms with Crippen LogP contribution in [-0.2, 0) is 6.54 Å². The Morgan fingerprint density at radius 2 is 2.05 bits per heavy atom. The van der Waals surface area contributed by atoms with Gasteiger partial charge in [-0.3, -0.25) is 14.7 Å². The molecule has 0 aromatic carbocycles. The van der Waals surface area contributed by atoms with Crippen LogP contribution in [0.25, 0.3) is 0 Å². The zero-order valence-corrected chi connectivity index (χ0v) is 12.4. The Kier molecular flexibility index (Phi) is 5.09. The molecule has 0 aliphatic carbocycles. The van der Waals surface area contributed by atoms with Crippen LogP contribution in [0.5, 0.6) is 0 Å². The summed E-state index contributed by atoms with van der Waals surface area (Å²) in [4.78, 5) is 20.9. The van der Waals surface area contributed by atoms with E-state index in [1.807, 2.05) is 4.90 Å². The average molecular weight is 276 g/mol. The van der Waals surface area contributed by atoms with E-state index in [4.69, 9.17) is 5.73 Å². The number of carbonyl (C=O) groups excluding carboxylic acids is 1. The molecular formula is C15H24N4O. The Balaban J connectivity index is 1.94. The Hall–Kier alpha value is -1.46. The second-order valence-electron chi connectivity index (χ2n) is 5.73. The lowest BCUT2D eigenvalue weighted by Crippen LogP contribution is -2.49. The smallest absolute Gasteiger partial charge is 0.254 e. The highest BCUT2D eigenvalue weighted by atomic mass is 16.2. The first-order valence-electron chi connectivity index (χ1n) is 7.26. The van der Waals surface area contributed by atoms with Gasteiger partial charge in [-0.15, -0.1) is 0 Å². The topological polar surface area (TPSA) is 62.5 Å². The van der Waals surface area contributed by atoms with Crippen molar-refractivity contribution in [1.82, 2.24) is 14.8 Å². The van der Waals surface area contributed by atoms with Crippen LogP contribution in [0, 0.1) is 5.92 Å². The summed E-state index contributed by atoms with van der Waals surface area (Å²) in [5.41, 5.74) is 7.02. The SMILES string of the molecule is CC(C)CN1CCN(C(=O)c2ccnc(CN)c2)CC1. The van der Waals surface area contributed by atoms with Gasteiger partial charge in [0.05, 0.1) is 5.69 Å². The number of carbonyl (C=O) groups is 1. The Morgan fingerprint density at radius 1 is 1.35 bits per heavy atom. The Bertz CT molecular complexity index is 453. The monoisotopic (exact) mass is 276 g/mol. The van der Waals surface area contributed by atoms with Crippen molar-refractivity contribution in [3.05, 3.63) is 29.6 Å². The summed E-state index contributed by atoms with van der Waals surface area (Å²) in [6.45, 7) is 9.43. The fraction of sp³-hybridized carbons (Fsp3) is 0.600. The zero-order chi connectivity index (χ0) is 14.5. The van der Waals surface area contributed by atoms with E-state index in [1.165, 1.54) is 0 Å². The van der Waals surface area contributed by atoms with Crippen LogP contribution >= 0.6 is 0 Å². The van der Waals surface area contributed by atoms with E-state index in [1.54, 1.807) is 18.3 Å². The van der Waals surface area contributed by atoms with Gasteiger partial charge in [0.15, 0.2) is 0 Å². The van der Waals surface area contributed by atoms with Gasteiger partial charge in [-0.2, -0.15) is 0 Å². The number of piperazine rings is 1. The first-order chi connectivity index (χ1) is 9.60. The van der Waals surface area contributed by atoms with E-state index in [2.05, 4.69) is 23.7 Å². The maximum atomic E-state index is 12.4. The third-order valence-corrected chi connectivity index (χ3v) is 3.56. The van der Waals surface area contributed by atoms with Crippen molar-refractivity contribution in [2.75, 3.05) is 32.7 Å². The number of aromatic nitrogens is 1. The van der Waals surface area contributed by atoms with Gasteiger partial charge in [-0.05, 0) is 18.1 Å². The van der Waals surface area contributed by atoms with Crippen molar-refractivity contribution in [3.63, 3.8) is 0 Å². The van der Waals surface area contributed by atoms with Crippen molar-refractivity contribution in [1.29, 1.82) is 0 Å². The predicted octanol–water partition coefficient (Wildman–Crippen LogP) is 0.954. The maximum absolute atomic E-state index is 12.4. The molecule has 1 aromatic rings. The minimum atomic E-state index is 0.0892. The molecule has 2 N–H and O–H groups in total. The highest BCUT2D eigenvalue weighted by Gasteiger charge is 2.22. The number of hydrogen-bond donors (Lipinski definition) is 1. The number of nitrogens with two attached hydrogens (primary N) is 1. The van der Waals surface area contributed by atoms with Gasteiger partial charge in [0, 0.05) is 51.0 Å².